The SMILES string of the molecule is C=C(CCC(OC)OC)[C@H]1CC(C)(C)[C@@H]1CCC(C)=O. The first-order chi connectivity index (χ1) is 9.31. The molecule has 0 saturated heterocycles. The van der Waals surface area contributed by atoms with Gasteiger partial charge in [0.1, 0.15) is 5.78 Å². The molecule has 0 aliphatic heterocycles. The van der Waals surface area contributed by atoms with Gasteiger partial charge >= 0.3 is 0 Å². The maximum atomic E-state index is 11.2. The predicted molar refractivity (Wildman–Crippen MR) is 81.5 cm³/mol. The fourth-order valence-corrected chi connectivity index (χ4v) is 3.44. The normalized spacial score (nSPS) is 24.5. The Kier molecular flexibility index (Phi) is 6.41. The van der Waals surface area contributed by atoms with Crippen molar-refractivity contribution in [2.75, 3.05) is 14.2 Å². The Bertz CT molecular complexity index is 342. The summed E-state index contributed by atoms with van der Waals surface area (Å²) in [6.07, 6.45) is 4.50. The van der Waals surface area contributed by atoms with E-state index in [9.17, 15) is 4.79 Å². The minimum atomic E-state index is -0.143. The summed E-state index contributed by atoms with van der Waals surface area (Å²) < 4.78 is 10.4. The molecule has 1 rings (SSSR count). The summed E-state index contributed by atoms with van der Waals surface area (Å²) >= 11 is 0. The summed E-state index contributed by atoms with van der Waals surface area (Å²) in [5, 5.41) is 0. The summed E-state index contributed by atoms with van der Waals surface area (Å²) in [5.74, 6) is 1.43. The third kappa shape index (κ3) is 4.42. The van der Waals surface area contributed by atoms with Gasteiger partial charge in [-0.15, -0.1) is 0 Å². The van der Waals surface area contributed by atoms with E-state index in [1.54, 1.807) is 21.1 Å². The average molecular weight is 282 g/mol. The van der Waals surface area contributed by atoms with Crippen LogP contribution >= 0.6 is 0 Å². The second-order valence-corrected chi connectivity index (χ2v) is 6.74. The second-order valence-electron chi connectivity index (χ2n) is 6.74. The molecule has 0 aromatic carbocycles. The first kappa shape index (κ1) is 17.4. The van der Waals surface area contributed by atoms with Crippen molar-refractivity contribution in [3.05, 3.63) is 12.2 Å². The quantitative estimate of drug-likeness (QED) is 0.474. The van der Waals surface area contributed by atoms with Crippen LogP contribution in [0.3, 0.4) is 0 Å². The van der Waals surface area contributed by atoms with E-state index in [-0.39, 0.29) is 12.1 Å². The average Bonchev–Trinajstić information content (AvgIpc) is 2.36. The summed E-state index contributed by atoms with van der Waals surface area (Å²) in [6, 6.07) is 0. The Balaban J connectivity index is 2.48. The molecule has 116 valence electrons. The smallest absolute Gasteiger partial charge is 0.157 e. The van der Waals surface area contributed by atoms with Gasteiger partial charge in [-0.05, 0) is 43.4 Å². The number of carbonyl (C=O) groups is 1. The highest BCUT2D eigenvalue weighted by Crippen LogP contribution is 2.56. The Hall–Kier alpha value is -0.670. The number of Topliss-reactive ketones (excluding diaryl/α,β-unsaturated/α-hetero) is 1. The molecule has 2 atom stereocenters. The zero-order valence-electron chi connectivity index (χ0n) is 13.7. The van der Waals surface area contributed by atoms with Gasteiger partial charge in [0.15, 0.2) is 6.29 Å². The molecular weight excluding hydrogens is 252 g/mol. The van der Waals surface area contributed by atoms with Gasteiger partial charge in [-0.1, -0.05) is 26.0 Å². The highest BCUT2D eigenvalue weighted by atomic mass is 16.7. The summed E-state index contributed by atoms with van der Waals surface area (Å²) in [7, 11) is 3.33. The van der Waals surface area contributed by atoms with Crippen LogP contribution in [-0.2, 0) is 14.3 Å². The predicted octanol–water partition coefficient (Wildman–Crippen LogP) is 3.97. The number of allylic oxidation sites excluding steroid dienone is 1. The van der Waals surface area contributed by atoms with Crippen LogP contribution in [0, 0.1) is 17.3 Å². The molecule has 0 radical (unpaired) electrons. The van der Waals surface area contributed by atoms with Crippen molar-refractivity contribution in [3.8, 4) is 0 Å². The van der Waals surface area contributed by atoms with Crippen molar-refractivity contribution in [1.82, 2.24) is 0 Å². The van der Waals surface area contributed by atoms with Gasteiger partial charge in [0.05, 0.1) is 0 Å². The molecule has 1 saturated carbocycles. The third-order valence-corrected chi connectivity index (χ3v) is 4.79. The lowest BCUT2D eigenvalue weighted by molar-refractivity contribution is -0.118. The molecule has 0 N–H and O–H groups in total. The van der Waals surface area contributed by atoms with Gasteiger partial charge in [-0.3, -0.25) is 0 Å². The van der Waals surface area contributed by atoms with Crippen LogP contribution in [0.4, 0.5) is 0 Å². The van der Waals surface area contributed by atoms with E-state index >= 15 is 0 Å². The first-order valence-corrected chi connectivity index (χ1v) is 7.54. The Labute approximate surface area is 123 Å². The van der Waals surface area contributed by atoms with Crippen LogP contribution in [0.25, 0.3) is 0 Å². The van der Waals surface area contributed by atoms with Crippen LogP contribution in [0.1, 0.15) is 52.9 Å². The first-order valence-electron chi connectivity index (χ1n) is 7.54. The fourth-order valence-electron chi connectivity index (χ4n) is 3.44. The van der Waals surface area contributed by atoms with Crippen molar-refractivity contribution >= 4 is 5.78 Å². The van der Waals surface area contributed by atoms with Gasteiger partial charge in [0.25, 0.3) is 0 Å². The lowest BCUT2D eigenvalue weighted by Crippen LogP contribution is -2.44. The second kappa shape index (κ2) is 7.37. The Morgan fingerprint density at radius 3 is 2.35 bits per heavy atom. The van der Waals surface area contributed by atoms with Gasteiger partial charge in [-0.25, -0.2) is 0 Å². The highest BCUT2D eigenvalue weighted by molar-refractivity contribution is 5.75. The Morgan fingerprint density at radius 1 is 1.30 bits per heavy atom. The fraction of sp³-hybridized carbons (Fsp3) is 0.824. The molecule has 0 amide bonds. The highest BCUT2D eigenvalue weighted by Gasteiger charge is 2.47. The molecule has 0 unspecified atom stereocenters. The van der Waals surface area contributed by atoms with Crippen LogP contribution in [0.5, 0.6) is 0 Å². The van der Waals surface area contributed by atoms with Crippen molar-refractivity contribution in [1.29, 1.82) is 0 Å². The molecule has 0 heterocycles. The van der Waals surface area contributed by atoms with E-state index < -0.39 is 0 Å². The lowest BCUT2D eigenvalue weighted by Gasteiger charge is -2.53. The van der Waals surface area contributed by atoms with Crippen molar-refractivity contribution in [2.45, 2.75) is 59.2 Å². The van der Waals surface area contributed by atoms with E-state index in [0.29, 0.717) is 23.7 Å². The Morgan fingerprint density at radius 2 is 1.90 bits per heavy atom. The number of methoxy groups -OCH3 is 2. The van der Waals surface area contributed by atoms with Crippen LogP contribution in [0.2, 0.25) is 0 Å². The molecule has 1 aliphatic carbocycles. The van der Waals surface area contributed by atoms with Gasteiger partial charge in [0, 0.05) is 27.1 Å². The molecule has 1 aliphatic rings. The van der Waals surface area contributed by atoms with Gasteiger partial charge in [0.2, 0.25) is 0 Å². The zero-order valence-corrected chi connectivity index (χ0v) is 13.7. The van der Waals surface area contributed by atoms with Gasteiger partial charge in [-0.2, -0.15) is 0 Å². The zero-order chi connectivity index (χ0) is 15.3. The van der Waals surface area contributed by atoms with Crippen molar-refractivity contribution in [2.24, 2.45) is 17.3 Å². The molecule has 3 heteroatoms. The number of ether oxygens (including phenoxy) is 2. The minimum Gasteiger partial charge on any atom is -0.356 e. The monoisotopic (exact) mass is 282 g/mol. The van der Waals surface area contributed by atoms with Crippen molar-refractivity contribution < 1.29 is 14.3 Å². The molecule has 0 aromatic rings. The maximum absolute atomic E-state index is 11.2. The summed E-state index contributed by atoms with van der Waals surface area (Å²) in [6.45, 7) is 10.5. The van der Waals surface area contributed by atoms with E-state index in [4.69, 9.17) is 9.47 Å². The van der Waals surface area contributed by atoms with Crippen LogP contribution < -0.4 is 0 Å². The van der Waals surface area contributed by atoms with E-state index in [0.717, 1.165) is 19.3 Å². The summed E-state index contributed by atoms with van der Waals surface area (Å²) in [5.41, 5.74) is 1.63. The van der Waals surface area contributed by atoms with E-state index in [1.165, 1.54) is 12.0 Å². The molecule has 20 heavy (non-hydrogen) atoms. The topological polar surface area (TPSA) is 35.5 Å². The number of hydrogen-bond acceptors (Lipinski definition) is 3. The molecule has 0 spiro atoms. The molecule has 1 fully saturated rings. The third-order valence-electron chi connectivity index (χ3n) is 4.79. The van der Waals surface area contributed by atoms with E-state index in [1.807, 2.05) is 0 Å². The number of ketones is 1. The number of rotatable bonds is 9. The van der Waals surface area contributed by atoms with Gasteiger partial charge < -0.3 is 14.3 Å². The largest absolute Gasteiger partial charge is 0.356 e. The molecular formula is C17H30O3. The number of carbonyl (C=O) groups excluding carboxylic acids is 1. The molecule has 0 bridgehead atoms. The maximum Gasteiger partial charge on any atom is 0.157 e. The van der Waals surface area contributed by atoms with E-state index in [2.05, 4.69) is 20.4 Å². The lowest BCUT2D eigenvalue weighted by atomic mass is 9.52. The van der Waals surface area contributed by atoms with Crippen molar-refractivity contribution in [3.63, 3.8) is 0 Å². The molecule has 3 nitrogen and oxygen atoms in total. The summed E-state index contributed by atoms with van der Waals surface area (Å²) in [4.78, 5) is 11.2. The van der Waals surface area contributed by atoms with Crippen LogP contribution in [-0.4, -0.2) is 26.3 Å². The minimum absolute atomic E-state index is 0.143. The standard InChI is InChI=1S/C17H30O3/c1-12(7-10-16(19-5)20-6)14-11-17(3,4)15(14)9-8-13(2)18/h14-16H,1,7-11H2,2-6H3/t14-,15-/m1/s1. The van der Waals surface area contributed by atoms with Crippen LogP contribution in [0.15, 0.2) is 12.2 Å². The molecule has 0 aromatic heterocycles. The number of hydrogen-bond donors (Lipinski definition) is 0.